The zero-order valence-electron chi connectivity index (χ0n) is 15.8. The third-order valence-electron chi connectivity index (χ3n) is 3.47. The summed E-state index contributed by atoms with van der Waals surface area (Å²) in [5, 5.41) is 4.33. The Hall–Kier alpha value is -2.71. The van der Waals surface area contributed by atoms with Crippen molar-refractivity contribution in [2.75, 3.05) is 6.61 Å². The van der Waals surface area contributed by atoms with Crippen LogP contribution >= 0.6 is 23.2 Å². The van der Waals surface area contributed by atoms with Crippen molar-refractivity contribution in [2.45, 2.75) is 19.4 Å². The smallest absolute Gasteiger partial charge is 0.262 e. The molecule has 10 heteroatoms. The lowest BCUT2D eigenvalue weighted by atomic mass is 10.2. The highest BCUT2D eigenvalue weighted by molar-refractivity contribution is 6.31. The van der Waals surface area contributed by atoms with E-state index in [2.05, 4.69) is 30.4 Å². The van der Waals surface area contributed by atoms with Gasteiger partial charge in [-0.25, -0.2) is 13.2 Å². The quantitative estimate of drug-likeness (QED) is 0.367. The fourth-order valence-corrected chi connectivity index (χ4v) is 2.24. The van der Waals surface area contributed by atoms with E-state index in [-0.39, 0.29) is 46.5 Å². The zero-order valence-corrected chi connectivity index (χ0v) is 17.3. The van der Waals surface area contributed by atoms with E-state index in [1.165, 1.54) is 0 Å². The number of halogens is 5. The van der Waals surface area contributed by atoms with Crippen LogP contribution in [0.2, 0.25) is 5.02 Å². The van der Waals surface area contributed by atoms with E-state index >= 15 is 0 Å². The molecule has 1 aromatic carbocycles. The average Bonchev–Trinajstić information content (AvgIpc) is 2.63. The maximum Gasteiger partial charge on any atom is 0.262 e. The topological polar surface area (TPSA) is 67.4 Å². The number of hydrogen-bond acceptors (Lipinski definition) is 3. The molecule has 0 spiro atoms. The first kappa shape index (κ1) is 25.3. The summed E-state index contributed by atoms with van der Waals surface area (Å²) < 4.78 is 45.5. The molecule has 0 aliphatic carbocycles. The minimum atomic E-state index is -0.872. The summed E-state index contributed by atoms with van der Waals surface area (Å²) in [7, 11) is 0. The molecular weight excluding hydrogens is 444 g/mol. The number of amides is 2. The molecule has 30 heavy (non-hydrogen) atoms. The second-order valence-corrected chi connectivity index (χ2v) is 6.82. The SMILES string of the molecule is C=C(CCC(=O)NCc1c(F)cc(Cl)cc1F)NC(=O)COC(=C)/C=C(/F)C(=C)Cl. The van der Waals surface area contributed by atoms with Crippen molar-refractivity contribution in [1.29, 1.82) is 0 Å². The van der Waals surface area contributed by atoms with Crippen LogP contribution in [0, 0.1) is 11.6 Å². The molecule has 0 aliphatic heterocycles. The van der Waals surface area contributed by atoms with E-state index in [4.69, 9.17) is 27.9 Å². The van der Waals surface area contributed by atoms with Gasteiger partial charge in [0.25, 0.3) is 5.91 Å². The maximum atomic E-state index is 13.7. The molecule has 0 saturated carbocycles. The standard InChI is InChI=1S/C20H19Cl2F3N2O3/c1-11(27-20(29)10-30-12(2)6-16(23)13(3)21)4-5-19(28)26-9-15-17(24)7-14(22)8-18(15)25/h6-8H,1-5,9-10H2,(H,26,28)(H,27,29)/b16-6+. The summed E-state index contributed by atoms with van der Waals surface area (Å²) in [5.41, 5.74) is -0.107. The van der Waals surface area contributed by atoms with Crippen molar-refractivity contribution in [3.8, 4) is 0 Å². The van der Waals surface area contributed by atoms with Crippen LogP contribution in [0.5, 0.6) is 0 Å². The Kier molecular flexibility index (Phi) is 10.2. The largest absolute Gasteiger partial charge is 0.484 e. The fraction of sp³-hybridized carbons (Fsp3) is 0.200. The Morgan fingerprint density at radius 2 is 1.70 bits per heavy atom. The lowest BCUT2D eigenvalue weighted by Crippen LogP contribution is -2.28. The summed E-state index contributed by atoms with van der Waals surface area (Å²) in [6.07, 6.45) is 0.855. The van der Waals surface area contributed by atoms with E-state index in [0.717, 1.165) is 18.2 Å². The van der Waals surface area contributed by atoms with Gasteiger partial charge in [-0.05, 0) is 18.6 Å². The number of nitrogens with one attached hydrogen (secondary N) is 2. The van der Waals surface area contributed by atoms with Gasteiger partial charge in [0.15, 0.2) is 6.61 Å². The molecule has 2 N–H and O–H groups in total. The second kappa shape index (κ2) is 12.1. The van der Waals surface area contributed by atoms with Crippen LogP contribution in [-0.2, 0) is 20.9 Å². The average molecular weight is 463 g/mol. The molecule has 0 bridgehead atoms. The maximum absolute atomic E-state index is 13.7. The highest BCUT2D eigenvalue weighted by atomic mass is 35.5. The number of hydrogen-bond donors (Lipinski definition) is 2. The van der Waals surface area contributed by atoms with Crippen molar-refractivity contribution in [3.63, 3.8) is 0 Å². The Balaban J connectivity index is 2.36. The van der Waals surface area contributed by atoms with Gasteiger partial charge in [0.2, 0.25) is 5.91 Å². The predicted octanol–water partition coefficient (Wildman–Crippen LogP) is 4.78. The molecule has 0 atom stereocenters. The molecule has 0 unspecified atom stereocenters. The van der Waals surface area contributed by atoms with Crippen molar-refractivity contribution >= 4 is 35.0 Å². The van der Waals surface area contributed by atoms with Crippen molar-refractivity contribution in [1.82, 2.24) is 10.6 Å². The van der Waals surface area contributed by atoms with Crippen LogP contribution in [0.4, 0.5) is 13.2 Å². The summed E-state index contributed by atoms with van der Waals surface area (Å²) >= 11 is 10.9. The number of ether oxygens (including phenoxy) is 1. The third-order valence-corrected chi connectivity index (χ3v) is 3.87. The molecule has 1 rings (SSSR count). The lowest BCUT2D eigenvalue weighted by molar-refractivity contribution is -0.124. The number of carbonyl (C=O) groups is 2. The van der Waals surface area contributed by atoms with Crippen LogP contribution in [0.15, 0.2) is 60.3 Å². The molecule has 0 aromatic heterocycles. The first-order valence-electron chi connectivity index (χ1n) is 8.41. The molecule has 0 radical (unpaired) electrons. The first-order chi connectivity index (χ1) is 14.0. The number of rotatable bonds is 11. The summed E-state index contributed by atoms with van der Waals surface area (Å²) in [5.74, 6) is -3.85. The van der Waals surface area contributed by atoms with Crippen LogP contribution in [-0.4, -0.2) is 18.4 Å². The molecule has 0 heterocycles. The second-order valence-electron chi connectivity index (χ2n) is 5.93. The van der Waals surface area contributed by atoms with Crippen LogP contribution in [0.25, 0.3) is 0 Å². The molecule has 162 valence electrons. The van der Waals surface area contributed by atoms with E-state index in [1.807, 2.05) is 0 Å². The molecule has 2 amide bonds. The minimum absolute atomic E-state index is 0.0741. The van der Waals surface area contributed by atoms with Crippen molar-refractivity contribution < 1.29 is 27.5 Å². The summed E-state index contributed by atoms with van der Waals surface area (Å²) in [6.45, 7) is 9.34. The van der Waals surface area contributed by atoms with Gasteiger partial charge in [-0.3, -0.25) is 9.59 Å². The van der Waals surface area contributed by atoms with Gasteiger partial charge in [0.1, 0.15) is 23.2 Å². The number of benzene rings is 1. The van der Waals surface area contributed by atoms with E-state index in [1.54, 1.807) is 0 Å². The highest BCUT2D eigenvalue weighted by Crippen LogP contribution is 2.19. The Labute approximate surface area is 181 Å². The predicted molar refractivity (Wildman–Crippen MR) is 109 cm³/mol. The Bertz CT molecular complexity index is 878. The molecule has 1 aromatic rings. The molecule has 0 fully saturated rings. The highest BCUT2D eigenvalue weighted by Gasteiger charge is 2.13. The fourth-order valence-electron chi connectivity index (χ4n) is 2.00. The molecular formula is C20H19Cl2F3N2O3. The molecule has 0 aliphatic rings. The minimum Gasteiger partial charge on any atom is -0.484 e. The molecule has 5 nitrogen and oxygen atoms in total. The Morgan fingerprint density at radius 3 is 2.27 bits per heavy atom. The summed E-state index contributed by atoms with van der Waals surface area (Å²) in [6, 6.07) is 1.88. The van der Waals surface area contributed by atoms with E-state index in [9.17, 15) is 22.8 Å². The van der Waals surface area contributed by atoms with Crippen LogP contribution < -0.4 is 10.6 Å². The monoisotopic (exact) mass is 462 g/mol. The number of carbonyl (C=O) groups excluding carboxylic acids is 2. The van der Waals surface area contributed by atoms with Gasteiger partial charge in [-0.15, -0.1) is 0 Å². The normalized spacial score (nSPS) is 10.9. The van der Waals surface area contributed by atoms with E-state index < -0.39 is 35.9 Å². The first-order valence-corrected chi connectivity index (χ1v) is 9.16. The molecule has 0 saturated heterocycles. The van der Waals surface area contributed by atoms with Gasteiger partial charge in [0, 0.05) is 35.3 Å². The number of allylic oxidation sites excluding steroid dienone is 4. The van der Waals surface area contributed by atoms with Crippen LogP contribution in [0.3, 0.4) is 0 Å². The van der Waals surface area contributed by atoms with Gasteiger partial charge >= 0.3 is 0 Å². The van der Waals surface area contributed by atoms with Gasteiger partial charge in [0.05, 0.1) is 5.03 Å². The van der Waals surface area contributed by atoms with E-state index in [0.29, 0.717) is 0 Å². The van der Waals surface area contributed by atoms with Gasteiger partial charge < -0.3 is 15.4 Å². The third kappa shape index (κ3) is 9.19. The lowest BCUT2D eigenvalue weighted by Gasteiger charge is -2.11. The van der Waals surface area contributed by atoms with Crippen molar-refractivity contribution in [2.24, 2.45) is 0 Å². The van der Waals surface area contributed by atoms with Crippen molar-refractivity contribution in [3.05, 3.63) is 82.5 Å². The van der Waals surface area contributed by atoms with Gasteiger partial charge in [-0.1, -0.05) is 42.9 Å². The van der Waals surface area contributed by atoms with Crippen LogP contribution in [0.1, 0.15) is 18.4 Å². The Morgan fingerprint density at radius 1 is 1.10 bits per heavy atom. The zero-order chi connectivity index (χ0) is 22.8. The summed E-state index contributed by atoms with van der Waals surface area (Å²) in [4.78, 5) is 23.6. The van der Waals surface area contributed by atoms with Gasteiger partial charge in [-0.2, -0.15) is 0 Å².